The Hall–Kier alpha value is -17.7. The van der Waals surface area contributed by atoms with Gasteiger partial charge in [-0.3, -0.25) is 0 Å². The lowest BCUT2D eigenvalue weighted by molar-refractivity contribution is 0.673. The third-order valence-electron chi connectivity index (χ3n) is 27.8. The molecule has 29 aromatic rings. The largest absolute Gasteiger partial charge is 0.455 e. The number of hydrogen-bond acceptors (Lipinski definition) is 9. The van der Waals surface area contributed by atoms with Crippen molar-refractivity contribution in [2.75, 3.05) is 14.7 Å². The Kier molecular flexibility index (Phi) is 20.4. The lowest BCUT2D eigenvalue weighted by Crippen LogP contribution is -2.11. The molecule has 6 nitrogen and oxygen atoms in total. The summed E-state index contributed by atoms with van der Waals surface area (Å²) in [5.74, 6) is 0. The molecule has 0 radical (unpaired) electrons. The van der Waals surface area contributed by atoms with Gasteiger partial charge in [-0.2, -0.15) is 0 Å². The molecule has 0 amide bonds. The SMILES string of the molecule is c1ccc(-c2ccc(-c3ccc(N(c4ccccc4)c4cc5c6ccccc6oc5c5sc6ccccc6c45)cc3)cc2)cc1.c1ccc(-c2cccc(-c3ccc(N(c4ccccc4)c4cc5c6ccccc6oc5c5sc6ccccc6c45)cc3)c2)cc1.c1ccc2c(-c3ccc(N(c4cc5ccccc5c5ccccc45)c4cc5c6ccccc6oc5c5sc6ccccc6c45)cc3)cccc2c1. The molecule has 0 saturated carbocycles. The highest BCUT2D eigenvalue weighted by atomic mass is 32.1. The van der Waals surface area contributed by atoms with E-state index in [1.807, 2.05) is 46.1 Å². The van der Waals surface area contributed by atoms with Crippen molar-refractivity contribution in [3.63, 3.8) is 0 Å². The van der Waals surface area contributed by atoms with Crippen LogP contribution in [-0.2, 0) is 0 Å². The number of furan rings is 3. The molecule has 141 heavy (non-hydrogen) atoms. The number of rotatable bonds is 14. The maximum Gasteiger partial charge on any atom is 0.153 e. The van der Waals surface area contributed by atoms with Crippen molar-refractivity contribution < 1.29 is 13.3 Å². The van der Waals surface area contributed by atoms with E-state index in [1.165, 1.54) is 148 Å². The van der Waals surface area contributed by atoms with Gasteiger partial charge in [0.25, 0.3) is 0 Å². The first kappa shape index (κ1) is 82.7. The molecule has 0 aliphatic carbocycles. The van der Waals surface area contributed by atoms with Crippen LogP contribution in [0.25, 0.3) is 214 Å². The van der Waals surface area contributed by atoms with Gasteiger partial charge >= 0.3 is 0 Å². The van der Waals surface area contributed by atoms with Crippen LogP contribution in [-0.4, -0.2) is 0 Å². The first-order valence-electron chi connectivity index (χ1n) is 47.7. The minimum Gasteiger partial charge on any atom is -0.455 e. The molecule has 0 atom stereocenters. The van der Waals surface area contributed by atoms with Crippen LogP contribution in [0.4, 0.5) is 51.2 Å². The van der Waals surface area contributed by atoms with Crippen molar-refractivity contribution in [2.45, 2.75) is 0 Å². The van der Waals surface area contributed by atoms with E-state index in [1.54, 1.807) is 0 Å². The van der Waals surface area contributed by atoms with Gasteiger partial charge in [0.2, 0.25) is 0 Å². The lowest BCUT2D eigenvalue weighted by Gasteiger charge is -2.29. The average Bonchev–Trinajstić information content (AvgIpc) is 1.57. The molecule has 0 aliphatic rings. The standard InChI is InChI=1S/C48H29NOS.2C42H27NOS/c1-3-15-34-30(12-1)14-11-21-35(34)31-24-26-33(27-25-31)49(42-28-32-13-2-4-16-36(32)37-17-5-6-18-38(37)42)43-29-41-39-19-7-9-22-44(39)50-47(41)48-46(43)40-20-8-10-23-45(40)51-48;1-3-12-28(13-4-1)30-14-11-15-31(26-30)29-22-24-33(25-23-29)43(32-16-5-2-6-17-32)37-27-36-34-18-7-9-20-38(34)44-41(36)42-40(37)35-19-8-10-21-39(35)45-42;1-3-11-28(12-4-1)29-19-21-30(22-20-29)31-23-25-33(26-24-31)43(32-13-5-2-6-14-32)37-27-36-34-15-7-9-17-38(34)44-41(36)42-40(37)35-16-8-10-18-39(35)45-42/h1-29H;2*1-27H. The van der Waals surface area contributed by atoms with Gasteiger partial charge in [-0.25, -0.2) is 0 Å². The molecule has 0 fully saturated rings. The molecule has 0 N–H and O–H groups in total. The molecule has 0 aliphatic heterocycles. The third-order valence-corrected chi connectivity index (χ3v) is 31.3. The highest BCUT2D eigenvalue weighted by Crippen LogP contribution is 2.56. The van der Waals surface area contributed by atoms with E-state index in [0.717, 1.165) is 117 Å². The van der Waals surface area contributed by atoms with Crippen LogP contribution in [0.2, 0.25) is 0 Å². The van der Waals surface area contributed by atoms with E-state index in [4.69, 9.17) is 13.3 Å². The van der Waals surface area contributed by atoms with Gasteiger partial charge in [-0.15, -0.1) is 34.0 Å². The van der Waals surface area contributed by atoms with E-state index in [-0.39, 0.29) is 0 Å². The molecule has 6 heterocycles. The summed E-state index contributed by atoms with van der Waals surface area (Å²) in [5, 5.41) is 21.6. The number of anilines is 9. The Bertz CT molecular complexity index is 9870. The fraction of sp³-hybridized carbons (Fsp3) is 0. The number of thiophene rings is 3. The Balaban J connectivity index is 0.000000106. The van der Waals surface area contributed by atoms with Gasteiger partial charge in [0.1, 0.15) is 16.7 Å². The number of benzene rings is 23. The second-order valence-corrected chi connectivity index (χ2v) is 39.1. The second-order valence-electron chi connectivity index (χ2n) is 35.9. The average molecular weight is 1860 g/mol. The topological polar surface area (TPSA) is 49.1 Å². The van der Waals surface area contributed by atoms with E-state index >= 15 is 0 Å². The van der Waals surface area contributed by atoms with Crippen LogP contribution in [0.5, 0.6) is 0 Å². The maximum atomic E-state index is 6.66. The molecule has 0 bridgehead atoms. The van der Waals surface area contributed by atoms with Crippen LogP contribution in [0.1, 0.15) is 0 Å². The third kappa shape index (κ3) is 14.5. The molecule has 9 heteroatoms. The second kappa shape index (κ2) is 34.8. The lowest BCUT2D eigenvalue weighted by atomic mass is 9.96. The van der Waals surface area contributed by atoms with Crippen LogP contribution in [0.3, 0.4) is 0 Å². The van der Waals surface area contributed by atoms with Crippen LogP contribution in [0, 0.1) is 0 Å². The first-order chi connectivity index (χ1) is 69.9. The van der Waals surface area contributed by atoms with Gasteiger partial charge < -0.3 is 28.0 Å². The summed E-state index contributed by atoms with van der Waals surface area (Å²) in [4.78, 5) is 7.28. The molecule has 0 saturated heterocycles. The van der Waals surface area contributed by atoms with Crippen molar-refractivity contribution in [3.05, 3.63) is 504 Å². The highest BCUT2D eigenvalue weighted by molar-refractivity contribution is 7.27. The van der Waals surface area contributed by atoms with Crippen molar-refractivity contribution >= 4 is 244 Å². The smallest absolute Gasteiger partial charge is 0.153 e. The fourth-order valence-electron chi connectivity index (χ4n) is 21.2. The molecule has 0 spiro atoms. The van der Waals surface area contributed by atoms with Gasteiger partial charge in [-0.1, -0.05) is 376 Å². The van der Waals surface area contributed by atoms with Gasteiger partial charge in [-0.05, 0) is 210 Å². The molecule has 0 unspecified atom stereocenters. The summed E-state index contributed by atoms with van der Waals surface area (Å²) in [6.45, 7) is 0. The normalized spacial score (nSPS) is 11.7. The first-order valence-corrected chi connectivity index (χ1v) is 50.2. The van der Waals surface area contributed by atoms with Crippen LogP contribution < -0.4 is 14.7 Å². The minimum absolute atomic E-state index is 0.908. The zero-order valence-corrected chi connectivity index (χ0v) is 78.7. The highest BCUT2D eigenvalue weighted by Gasteiger charge is 2.30. The molecule has 23 aromatic carbocycles. The molecular formula is C132H83N3O3S3. The number of fused-ring (bicyclic) bond motifs is 25. The van der Waals surface area contributed by atoms with Gasteiger partial charge in [0.15, 0.2) is 16.7 Å². The van der Waals surface area contributed by atoms with Crippen LogP contribution >= 0.6 is 34.0 Å². The van der Waals surface area contributed by atoms with E-state index < -0.39 is 0 Å². The van der Waals surface area contributed by atoms with E-state index in [2.05, 4.69) is 506 Å². The fourth-order valence-corrected chi connectivity index (χ4v) is 24.8. The number of hydrogen-bond donors (Lipinski definition) is 0. The minimum atomic E-state index is 0.908. The maximum absolute atomic E-state index is 6.66. The zero-order chi connectivity index (χ0) is 93.0. The van der Waals surface area contributed by atoms with Gasteiger partial charge in [0.05, 0.1) is 36.8 Å². The molecule has 6 aromatic heterocycles. The van der Waals surface area contributed by atoms with Gasteiger partial charge in [0, 0.05) is 113 Å². The monoisotopic (exact) mass is 1850 g/mol. The summed E-state index contributed by atoms with van der Waals surface area (Å²) in [6, 6.07) is 181. The van der Waals surface area contributed by atoms with E-state index in [0.29, 0.717) is 0 Å². The predicted molar refractivity (Wildman–Crippen MR) is 604 cm³/mol. The molecule has 662 valence electrons. The summed E-state index contributed by atoms with van der Waals surface area (Å²) in [5.41, 5.74) is 27.8. The van der Waals surface area contributed by atoms with E-state index in [9.17, 15) is 0 Å². The van der Waals surface area contributed by atoms with Crippen LogP contribution in [0.15, 0.2) is 517 Å². The van der Waals surface area contributed by atoms with Crippen molar-refractivity contribution in [1.29, 1.82) is 0 Å². The summed E-state index contributed by atoms with van der Waals surface area (Å²) in [7, 11) is 0. The molecular weight excluding hydrogens is 1770 g/mol. The predicted octanol–water partition coefficient (Wildman–Crippen LogP) is 40.1. The molecule has 29 rings (SSSR count). The number of para-hydroxylation sites is 5. The number of nitrogens with zero attached hydrogens (tertiary/aromatic N) is 3. The quantitative estimate of drug-likeness (QED) is 0.101. The van der Waals surface area contributed by atoms with Crippen molar-refractivity contribution in [1.82, 2.24) is 0 Å². The van der Waals surface area contributed by atoms with Crippen molar-refractivity contribution in [2.24, 2.45) is 0 Å². The zero-order valence-electron chi connectivity index (χ0n) is 76.2. The summed E-state index contributed by atoms with van der Waals surface area (Å²) in [6.07, 6.45) is 0. The summed E-state index contributed by atoms with van der Waals surface area (Å²) >= 11 is 5.43. The Labute approximate surface area is 824 Å². The van der Waals surface area contributed by atoms with Crippen molar-refractivity contribution in [3.8, 4) is 55.6 Å². The Morgan fingerprint density at radius 3 is 0.879 bits per heavy atom. The Morgan fingerprint density at radius 1 is 0.156 bits per heavy atom. The Morgan fingerprint density at radius 2 is 0.440 bits per heavy atom. The summed E-state index contributed by atoms with van der Waals surface area (Å²) < 4.78 is 27.0.